The number of Topliss-reactive ketones (excluding diaryl/α,β-unsaturated/α-hetero) is 1. The van der Waals surface area contributed by atoms with Crippen LogP contribution in [0, 0.1) is 23.5 Å². The number of benzene rings is 1. The molecule has 1 aromatic carbocycles. The van der Waals surface area contributed by atoms with Gasteiger partial charge in [-0.2, -0.15) is 0 Å². The summed E-state index contributed by atoms with van der Waals surface area (Å²) in [6, 6.07) is 3.26. The van der Waals surface area contributed by atoms with Crippen molar-refractivity contribution in [3.63, 3.8) is 0 Å². The van der Waals surface area contributed by atoms with E-state index in [0.717, 1.165) is 12.1 Å². The molecule has 0 aliphatic carbocycles. The van der Waals surface area contributed by atoms with E-state index in [-0.39, 0.29) is 30.2 Å². The molecule has 0 aliphatic heterocycles. The molecule has 2 nitrogen and oxygen atoms in total. The van der Waals surface area contributed by atoms with E-state index >= 15 is 0 Å². The zero-order valence-electron chi connectivity index (χ0n) is 10.7. The summed E-state index contributed by atoms with van der Waals surface area (Å²) in [7, 11) is 0. The quantitative estimate of drug-likeness (QED) is 0.849. The standard InChI is InChI=1S/C14H19F2NO/c1-9(2)5-11(8-17)14(18)6-10-3-4-12(15)7-13(10)16/h3-4,7,9,11H,5-6,8,17H2,1-2H3. The van der Waals surface area contributed by atoms with Gasteiger partial charge in [-0.05, 0) is 24.0 Å². The average molecular weight is 255 g/mol. The van der Waals surface area contributed by atoms with Crippen LogP contribution in [-0.4, -0.2) is 12.3 Å². The first-order valence-electron chi connectivity index (χ1n) is 6.10. The molecule has 1 unspecified atom stereocenters. The van der Waals surface area contributed by atoms with E-state index in [1.165, 1.54) is 6.07 Å². The van der Waals surface area contributed by atoms with Crippen molar-refractivity contribution >= 4 is 5.78 Å². The van der Waals surface area contributed by atoms with E-state index < -0.39 is 11.6 Å². The largest absolute Gasteiger partial charge is 0.330 e. The summed E-state index contributed by atoms with van der Waals surface area (Å²) in [5, 5.41) is 0. The van der Waals surface area contributed by atoms with Crippen molar-refractivity contribution in [2.45, 2.75) is 26.7 Å². The highest BCUT2D eigenvalue weighted by Crippen LogP contribution is 2.16. The number of carbonyl (C=O) groups is 1. The lowest BCUT2D eigenvalue weighted by Gasteiger charge is -2.16. The summed E-state index contributed by atoms with van der Waals surface area (Å²) < 4.78 is 26.2. The Morgan fingerprint density at radius 1 is 1.33 bits per heavy atom. The minimum Gasteiger partial charge on any atom is -0.330 e. The van der Waals surface area contributed by atoms with Gasteiger partial charge in [0.05, 0.1) is 0 Å². The van der Waals surface area contributed by atoms with Gasteiger partial charge in [-0.3, -0.25) is 4.79 Å². The van der Waals surface area contributed by atoms with Gasteiger partial charge >= 0.3 is 0 Å². The number of hydrogen-bond acceptors (Lipinski definition) is 2. The Morgan fingerprint density at radius 2 is 2.00 bits per heavy atom. The monoisotopic (exact) mass is 255 g/mol. The molecule has 0 radical (unpaired) electrons. The van der Waals surface area contributed by atoms with Crippen LogP contribution in [0.25, 0.3) is 0 Å². The third-order valence-corrected chi connectivity index (χ3v) is 2.88. The van der Waals surface area contributed by atoms with E-state index in [2.05, 4.69) is 0 Å². The summed E-state index contributed by atoms with van der Waals surface area (Å²) in [4.78, 5) is 12.0. The smallest absolute Gasteiger partial charge is 0.141 e. The lowest BCUT2D eigenvalue weighted by atomic mass is 9.90. The van der Waals surface area contributed by atoms with Crippen LogP contribution >= 0.6 is 0 Å². The number of halogens is 2. The molecule has 0 saturated heterocycles. The molecule has 0 aromatic heterocycles. The first-order chi connectivity index (χ1) is 8.43. The Morgan fingerprint density at radius 3 is 2.50 bits per heavy atom. The molecule has 0 saturated carbocycles. The van der Waals surface area contributed by atoms with Gasteiger partial charge in [0.1, 0.15) is 17.4 Å². The SMILES string of the molecule is CC(C)CC(CN)C(=O)Cc1ccc(F)cc1F. The van der Waals surface area contributed by atoms with Crippen molar-refractivity contribution in [3.05, 3.63) is 35.4 Å². The molecule has 4 heteroatoms. The third-order valence-electron chi connectivity index (χ3n) is 2.88. The number of carbonyl (C=O) groups excluding carboxylic acids is 1. The predicted octanol–water partition coefficient (Wildman–Crippen LogP) is 2.70. The van der Waals surface area contributed by atoms with Crippen LogP contribution in [0.4, 0.5) is 8.78 Å². The Labute approximate surface area is 106 Å². The molecule has 0 aliphatic rings. The minimum absolute atomic E-state index is 0.0271. The van der Waals surface area contributed by atoms with Crippen molar-refractivity contribution in [2.24, 2.45) is 17.6 Å². The van der Waals surface area contributed by atoms with Gasteiger partial charge in [0.15, 0.2) is 0 Å². The highest BCUT2D eigenvalue weighted by Gasteiger charge is 2.19. The van der Waals surface area contributed by atoms with Crippen molar-refractivity contribution < 1.29 is 13.6 Å². The fourth-order valence-corrected chi connectivity index (χ4v) is 1.93. The maximum absolute atomic E-state index is 13.4. The predicted molar refractivity (Wildman–Crippen MR) is 67.1 cm³/mol. The Kier molecular flexibility index (Phi) is 5.41. The fourth-order valence-electron chi connectivity index (χ4n) is 1.93. The molecular formula is C14H19F2NO. The molecule has 1 atom stereocenters. The Balaban J connectivity index is 2.73. The zero-order chi connectivity index (χ0) is 13.7. The summed E-state index contributed by atoms with van der Waals surface area (Å²) in [6.07, 6.45) is 0.666. The van der Waals surface area contributed by atoms with Gasteiger partial charge < -0.3 is 5.73 Å². The molecule has 0 spiro atoms. The molecule has 1 aromatic rings. The normalized spacial score (nSPS) is 12.8. The molecule has 0 fully saturated rings. The molecule has 18 heavy (non-hydrogen) atoms. The van der Waals surface area contributed by atoms with Crippen LogP contribution in [0.1, 0.15) is 25.8 Å². The Bertz CT molecular complexity index is 418. The van der Waals surface area contributed by atoms with Crippen LogP contribution in [-0.2, 0) is 11.2 Å². The molecule has 0 bridgehead atoms. The van der Waals surface area contributed by atoms with E-state index in [1.807, 2.05) is 13.8 Å². The van der Waals surface area contributed by atoms with E-state index in [9.17, 15) is 13.6 Å². The van der Waals surface area contributed by atoms with Crippen molar-refractivity contribution in [1.29, 1.82) is 0 Å². The third kappa shape index (κ3) is 4.18. The van der Waals surface area contributed by atoms with Gasteiger partial charge in [0.25, 0.3) is 0 Å². The maximum atomic E-state index is 13.4. The van der Waals surface area contributed by atoms with Crippen LogP contribution in [0.3, 0.4) is 0 Å². The van der Waals surface area contributed by atoms with Gasteiger partial charge in [0.2, 0.25) is 0 Å². The first-order valence-corrected chi connectivity index (χ1v) is 6.10. The van der Waals surface area contributed by atoms with Gasteiger partial charge in [-0.25, -0.2) is 8.78 Å². The summed E-state index contributed by atoms with van der Waals surface area (Å²) in [5.41, 5.74) is 5.79. The molecular weight excluding hydrogens is 236 g/mol. The second-order valence-electron chi connectivity index (χ2n) is 4.94. The van der Waals surface area contributed by atoms with Crippen LogP contribution in [0.2, 0.25) is 0 Å². The van der Waals surface area contributed by atoms with Crippen molar-refractivity contribution in [3.8, 4) is 0 Å². The van der Waals surface area contributed by atoms with Gasteiger partial charge in [-0.15, -0.1) is 0 Å². The fraction of sp³-hybridized carbons (Fsp3) is 0.500. The highest BCUT2D eigenvalue weighted by atomic mass is 19.1. The van der Waals surface area contributed by atoms with E-state index in [1.54, 1.807) is 0 Å². The summed E-state index contributed by atoms with van der Waals surface area (Å²) in [5.74, 6) is -1.29. The summed E-state index contributed by atoms with van der Waals surface area (Å²) in [6.45, 7) is 4.28. The van der Waals surface area contributed by atoms with Crippen LogP contribution < -0.4 is 5.73 Å². The molecule has 1 rings (SSSR count). The van der Waals surface area contributed by atoms with Crippen molar-refractivity contribution in [2.75, 3.05) is 6.54 Å². The molecule has 2 N–H and O–H groups in total. The first kappa shape index (κ1) is 14.8. The van der Waals surface area contributed by atoms with Crippen molar-refractivity contribution in [1.82, 2.24) is 0 Å². The second-order valence-corrected chi connectivity index (χ2v) is 4.94. The van der Waals surface area contributed by atoms with Gasteiger partial charge in [0, 0.05) is 24.9 Å². The number of nitrogens with two attached hydrogens (primary N) is 1. The lowest BCUT2D eigenvalue weighted by Crippen LogP contribution is -2.26. The van der Waals surface area contributed by atoms with E-state index in [4.69, 9.17) is 5.73 Å². The topological polar surface area (TPSA) is 43.1 Å². The number of ketones is 1. The van der Waals surface area contributed by atoms with Crippen LogP contribution in [0.15, 0.2) is 18.2 Å². The second kappa shape index (κ2) is 6.59. The Hall–Kier alpha value is -1.29. The number of hydrogen-bond donors (Lipinski definition) is 1. The number of rotatable bonds is 6. The van der Waals surface area contributed by atoms with E-state index in [0.29, 0.717) is 12.3 Å². The maximum Gasteiger partial charge on any atom is 0.141 e. The molecule has 0 heterocycles. The van der Waals surface area contributed by atoms with Gasteiger partial charge in [-0.1, -0.05) is 19.9 Å². The zero-order valence-corrected chi connectivity index (χ0v) is 10.7. The molecule has 100 valence electrons. The van der Waals surface area contributed by atoms with Crippen LogP contribution in [0.5, 0.6) is 0 Å². The molecule has 0 amide bonds. The minimum atomic E-state index is -0.677. The summed E-state index contributed by atoms with van der Waals surface area (Å²) >= 11 is 0. The average Bonchev–Trinajstić information content (AvgIpc) is 2.29. The highest BCUT2D eigenvalue weighted by molar-refractivity contribution is 5.83. The lowest BCUT2D eigenvalue weighted by molar-refractivity contribution is -0.122.